The molecule has 2 N–H and O–H groups in total. The summed E-state index contributed by atoms with van der Waals surface area (Å²) in [6.45, 7) is 0.801. The number of hydrogen-bond acceptors (Lipinski definition) is 4. The van der Waals surface area contributed by atoms with Crippen LogP contribution in [0.4, 0.5) is 0 Å². The highest BCUT2D eigenvalue weighted by Gasteiger charge is 2.31. The van der Waals surface area contributed by atoms with E-state index in [4.69, 9.17) is 0 Å². The first-order valence-electron chi connectivity index (χ1n) is 8.14. The number of aromatic amines is 1. The SMILES string of the molecule is O=C(CSc1cc[nH]c(=O)n1)NCC1CC2CCCC(C2)C1. The smallest absolute Gasteiger partial charge is 0.345 e. The topological polar surface area (TPSA) is 74.8 Å². The largest absolute Gasteiger partial charge is 0.355 e. The van der Waals surface area contributed by atoms with Crippen LogP contribution in [-0.2, 0) is 4.79 Å². The standard InChI is InChI=1S/C16H23N3O2S/c20-14(10-22-15-4-5-17-16(21)19-15)18-9-13-7-11-2-1-3-12(6-11)8-13/h4-5,11-13H,1-3,6-10H2,(H,18,20)(H,17,19,21). The fourth-order valence-electron chi connectivity index (χ4n) is 3.92. The Bertz CT molecular complexity index is 563. The van der Waals surface area contributed by atoms with Crippen LogP contribution >= 0.6 is 11.8 Å². The van der Waals surface area contributed by atoms with Gasteiger partial charge in [-0.3, -0.25) is 4.79 Å². The Morgan fingerprint density at radius 2 is 2.09 bits per heavy atom. The predicted molar refractivity (Wildman–Crippen MR) is 86.8 cm³/mol. The molecule has 1 aromatic rings. The Labute approximate surface area is 134 Å². The third-order valence-electron chi connectivity index (χ3n) is 4.81. The number of fused-ring (bicyclic) bond motifs is 2. The van der Waals surface area contributed by atoms with Gasteiger partial charge in [0.15, 0.2) is 0 Å². The van der Waals surface area contributed by atoms with Crippen molar-refractivity contribution < 1.29 is 4.79 Å². The molecule has 2 atom stereocenters. The van der Waals surface area contributed by atoms with Crippen molar-refractivity contribution >= 4 is 17.7 Å². The zero-order chi connectivity index (χ0) is 15.4. The molecule has 120 valence electrons. The lowest BCUT2D eigenvalue weighted by molar-refractivity contribution is -0.118. The van der Waals surface area contributed by atoms with Gasteiger partial charge in [0.05, 0.1) is 5.75 Å². The zero-order valence-electron chi connectivity index (χ0n) is 12.7. The summed E-state index contributed by atoms with van der Waals surface area (Å²) in [4.78, 5) is 29.3. The molecule has 0 radical (unpaired) electrons. The third-order valence-corrected chi connectivity index (χ3v) is 5.74. The number of amides is 1. The normalized spacial score (nSPS) is 27.4. The molecule has 0 aliphatic heterocycles. The number of hydrogen-bond donors (Lipinski definition) is 2. The summed E-state index contributed by atoms with van der Waals surface area (Å²) in [6.07, 6.45) is 9.67. The first-order chi connectivity index (χ1) is 10.7. The second kappa shape index (κ2) is 7.31. The van der Waals surface area contributed by atoms with Crippen LogP contribution in [0.2, 0.25) is 0 Å². The molecule has 6 heteroatoms. The molecule has 1 heterocycles. The minimum absolute atomic E-state index is 0.0304. The van der Waals surface area contributed by atoms with Gasteiger partial charge < -0.3 is 10.3 Å². The van der Waals surface area contributed by atoms with Crippen molar-refractivity contribution in [2.24, 2.45) is 17.8 Å². The highest BCUT2D eigenvalue weighted by Crippen LogP contribution is 2.42. The zero-order valence-corrected chi connectivity index (χ0v) is 13.5. The average molecular weight is 321 g/mol. The van der Waals surface area contributed by atoms with E-state index in [1.807, 2.05) is 0 Å². The minimum Gasteiger partial charge on any atom is -0.355 e. The Morgan fingerprint density at radius 3 is 2.82 bits per heavy atom. The van der Waals surface area contributed by atoms with Gasteiger partial charge in [0.25, 0.3) is 0 Å². The van der Waals surface area contributed by atoms with E-state index in [2.05, 4.69) is 15.3 Å². The highest BCUT2D eigenvalue weighted by atomic mass is 32.2. The Morgan fingerprint density at radius 1 is 1.32 bits per heavy atom. The molecular formula is C16H23N3O2S. The average Bonchev–Trinajstić information content (AvgIpc) is 2.51. The second-order valence-corrected chi connectivity index (χ2v) is 7.56. The molecule has 2 bridgehead atoms. The van der Waals surface area contributed by atoms with Crippen molar-refractivity contribution in [2.45, 2.75) is 43.6 Å². The molecule has 1 aromatic heterocycles. The lowest BCUT2D eigenvalue weighted by Gasteiger charge is -2.39. The monoisotopic (exact) mass is 321 g/mol. The summed E-state index contributed by atoms with van der Waals surface area (Å²) in [7, 11) is 0. The first-order valence-corrected chi connectivity index (χ1v) is 9.13. The summed E-state index contributed by atoms with van der Waals surface area (Å²) in [5.74, 6) is 2.78. The lowest BCUT2D eigenvalue weighted by Crippen LogP contribution is -2.36. The molecule has 2 saturated carbocycles. The van der Waals surface area contributed by atoms with E-state index >= 15 is 0 Å². The maximum Gasteiger partial charge on any atom is 0.345 e. The number of rotatable bonds is 5. The van der Waals surface area contributed by atoms with E-state index in [-0.39, 0.29) is 11.6 Å². The summed E-state index contributed by atoms with van der Waals surface area (Å²) in [5.41, 5.74) is -0.376. The van der Waals surface area contributed by atoms with Crippen LogP contribution in [0.25, 0.3) is 0 Å². The van der Waals surface area contributed by atoms with Crippen molar-refractivity contribution in [3.63, 3.8) is 0 Å². The molecule has 2 fully saturated rings. The highest BCUT2D eigenvalue weighted by molar-refractivity contribution is 7.99. The van der Waals surface area contributed by atoms with Crippen molar-refractivity contribution in [2.75, 3.05) is 12.3 Å². The fourth-order valence-corrected chi connectivity index (χ4v) is 4.61. The minimum atomic E-state index is -0.376. The molecule has 0 aromatic carbocycles. The van der Waals surface area contributed by atoms with E-state index in [9.17, 15) is 9.59 Å². The van der Waals surface area contributed by atoms with E-state index in [0.717, 1.165) is 18.4 Å². The second-order valence-electron chi connectivity index (χ2n) is 6.56. The molecule has 0 saturated heterocycles. The molecule has 3 rings (SSSR count). The molecule has 2 unspecified atom stereocenters. The Balaban J connectivity index is 1.40. The molecular weight excluding hydrogens is 298 g/mol. The van der Waals surface area contributed by atoms with Crippen LogP contribution in [0, 0.1) is 17.8 Å². The van der Waals surface area contributed by atoms with Gasteiger partial charge in [-0.25, -0.2) is 4.79 Å². The number of carbonyl (C=O) groups excluding carboxylic acids is 1. The van der Waals surface area contributed by atoms with Crippen LogP contribution in [0.15, 0.2) is 22.1 Å². The lowest BCUT2D eigenvalue weighted by atomic mass is 9.68. The number of carbonyl (C=O) groups is 1. The third kappa shape index (κ3) is 4.35. The first kappa shape index (κ1) is 15.6. The Kier molecular flexibility index (Phi) is 5.18. The molecule has 5 nitrogen and oxygen atoms in total. The molecule has 2 aliphatic carbocycles. The van der Waals surface area contributed by atoms with Crippen LogP contribution in [0.5, 0.6) is 0 Å². The number of thioether (sulfide) groups is 1. The van der Waals surface area contributed by atoms with Gasteiger partial charge in [0, 0.05) is 12.7 Å². The van der Waals surface area contributed by atoms with Crippen molar-refractivity contribution in [1.29, 1.82) is 0 Å². The summed E-state index contributed by atoms with van der Waals surface area (Å²) in [5, 5.41) is 3.64. The maximum atomic E-state index is 11.9. The summed E-state index contributed by atoms with van der Waals surface area (Å²) < 4.78 is 0. The Hall–Kier alpha value is -1.30. The maximum absolute atomic E-state index is 11.9. The van der Waals surface area contributed by atoms with E-state index in [1.54, 1.807) is 12.3 Å². The molecule has 1 amide bonds. The van der Waals surface area contributed by atoms with Gasteiger partial charge in [-0.1, -0.05) is 31.0 Å². The van der Waals surface area contributed by atoms with Crippen LogP contribution in [-0.4, -0.2) is 28.2 Å². The fraction of sp³-hybridized carbons (Fsp3) is 0.688. The number of nitrogens with zero attached hydrogens (tertiary/aromatic N) is 1. The molecule has 22 heavy (non-hydrogen) atoms. The van der Waals surface area contributed by atoms with Gasteiger partial charge >= 0.3 is 5.69 Å². The van der Waals surface area contributed by atoms with E-state index < -0.39 is 0 Å². The predicted octanol–water partition coefficient (Wildman–Crippen LogP) is 2.19. The van der Waals surface area contributed by atoms with E-state index in [0.29, 0.717) is 16.7 Å². The number of aromatic nitrogens is 2. The quantitative estimate of drug-likeness (QED) is 0.644. The van der Waals surface area contributed by atoms with Gasteiger partial charge in [0.2, 0.25) is 5.91 Å². The molecule has 2 aliphatic rings. The summed E-state index contributed by atoms with van der Waals surface area (Å²) >= 11 is 1.30. The van der Waals surface area contributed by atoms with Crippen molar-refractivity contribution in [1.82, 2.24) is 15.3 Å². The van der Waals surface area contributed by atoms with Gasteiger partial charge in [0.1, 0.15) is 5.03 Å². The van der Waals surface area contributed by atoms with Crippen LogP contribution in [0.1, 0.15) is 38.5 Å². The van der Waals surface area contributed by atoms with E-state index in [1.165, 1.54) is 50.3 Å². The van der Waals surface area contributed by atoms with Gasteiger partial charge in [-0.2, -0.15) is 4.98 Å². The number of H-pyrrole nitrogens is 1. The molecule has 0 spiro atoms. The van der Waals surface area contributed by atoms with Crippen LogP contribution < -0.4 is 11.0 Å². The van der Waals surface area contributed by atoms with Crippen molar-refractivity contribution in [3.05, 3.63) is 22.7 Å². The number of nitrogens with one attached hydrogen (secondary N) is 2. The van der Waals surface area contributed by atoms with Gasteiger partial charge in [-0.05, 0) is 43.1 Å². The van der Waals surface area contributed by atoms with Crippen LogP contribution in [0.3, 0.4) is 0 Å². The summed E-state index contributed by atoms with van der Waals surface area (Å²) in [6, 6.07) is 1.71. The van der Waals surface area contributed by atoms with Gasteiger partial charge in [-0.15, -0.1) is 0 Å². The van der Waals surface area contributed by atoms with Crippen molar-refractivity contribution in [3.8, 4) is 0 Å².